The number of hydrogen-bond donors (Lipinski definition) is 1. The first-order valence-electron chi connectivity index (χ1n) is 4.83. The second-order valence-electron chi connectivity index (χ2n) is 2.92. The van der Waals surface area contributed by atoms with Crippen molar-refractivity contribution in [3.8, 4) is 0 Å². The van der Waals surface area contributed by atoms with E-state index in [9.17, 15) is 4.79 Å². The topological polar surface area (TPSA) is 95.1 Å². The summed E-state index contributed by atoms with van der Waals surface area (Å²) in [5.41, 5.74) is 0. The first-order chi connectivity index (χ1) is 6.50. The third-order valence-corrected chi connectivity index (χ3v) is 1.30. The highest BCUT2D eigenvalue weighted by Gasteiger charge is 1.91. The third kappa shape index (κ3) is 44.0. The Kier molecular flexibility index (Phi) is 20.0. The maximum Gasteiger partial charge on any atom is 0.302 e. The monoisotopic (exact) mass is 222 g/mol. The normalized spacial score (nSPS) is 7.93. The fourth-order valence-corrected chi connectivity index (χ4v) is 0.745. The third-order valence-electron chi connectivity index (χ3n) is 1.30. The van der Waals surface area contributed by atoms with Gasteiger partial charge in [-0.2, -0.15) is 0 Å². The van der Waals surface area contributed by atoms with Gasteiger partial charge in [0.1, 0.15) is 0 Å². The van der Waals surface area contributed by atoms with Crippen molar-refractivity contribution in [2.75, 3.05) is 6.61 Å². The van der Waals surface area contributed by atoms with Gasteiger partial charge in [-0.15, -0.1) is 0 Å². The van der Waals surface area contributed by atoms with Crippen molar-refractivity contribution in [2.24, 2.45) is 0 Å². The average Bonchev–Trinajstić information content (AvgIpc) is 2.02. The molecule has 0 aromatic carbocycles. The zero-order valence-corrected chi connectivity index (χ0v) is 9.71. The van der Waals surface area contributed by atoms with Crippen LogP contribution in [-0.2, 0) is 14.3 Å². The highest BCUT2D eigenvalue weighted by molar-refractivity contribution is 5.65. The molecule has 15 heavy (non-hydrogen) atoms. The molecule has 0 aliphatic heterocycles. The molecule has 0 aliphatic rings. The van der Waals surface area contributed by atoms with Crippen LogP contribution in [0.4, 0.5) is 0 Å². The van der Waals surface area contributed by atoms with Crippen LogP contribution in [0.1, 0.15) is 46.5 Å². The molecule has 0 saturated heterocycles. The van der Waals surface area contributed by atoms with Gasteiger partial charge in [-0.3, -0.25) is 9.59 Å². The highest BCUT2D eigenvalue weighted by Crippen LogP contribution is 1.98. The molecule has 0 rings (SSSR count). The van der Waals surface area contributed by atoms with Gasteiger partial charge in [-0.05, 0) is 6.42 Å². The molecule has 0 atom stereocenters. The van der Waals surface area contributed by atoms with Crippen LogP contribution >= 0.6 is 0 Å². The summed E-state index contributed by atoms with van der Waals surface area (Å²) in [4.78, 5) is 19.3. The van der Waals surface area contributed by atoms with Crippen LogP contribution in [-0.4, -0.2) is 29.1 Å². The molecule has 0 aromatic heterocycles. The van der Waals surface area contributed by atoms with Gasteiger partial charge in [0, 0.05) is 13.8 Å². The van der Waals surface area contributed by atoms with Crippen molar-refractivity contribution in [1.29, 1.82) is 0 Å². The summed E-state index contributed by atoms with van der Waals surface area (Å²) >= 11 is 0. The molecule has 0 spiro atoms. The molecular weight excluding hydrogens is 200 g/mol. The minimum atomic E-state index is -0.833. The van der Waals surface area contributed by atoms with E-state index in [0.717, 1.165) is 13.3 Å². The molecule has 0 radical (unpaired) electrons. The van der Waals surface area contributed by atoms with Crippen LogP contribution in [0.3, 0.4) is 0 Å². The van der Waals surface area contributed by atoms with E-state index in [0.29, 0.717) is 6.61 Å². The van der Waals surface area contributed by atoms with E-state index in [1.807, 2.05) is 0 Å². The van der Waals surface area contributed by atoms with Gasteiger partial charge >= 0.3 is 5.97 Å². The van der Waals surface area contributed by atoms with E-state index < -0.39 is 5.97 Å². The minimum absolute atomic E-state index is 0. The van der Waals surface area contributed by atoms with Crippen LogP contribution in [0.5, 0.6) is 0 Å². The average molecular weight is 222 g/mol. The summed E-state index contributed by atoms with van der Waals surface area (Å²) in [6, 6.07) is 0. The molecule has 0 unspecified atom stereocenters. The summed E-state index contributed by atoms with van der Waals surface area (Å²) in [7, 11) is 0. The first kappa shape index (κ1) is 19.5. The second-order valence-corrected chi connectivity index (χ2v) is 2.92. The number of aliphatic carboxylic acids is 1. The lowest BCUT2D eigenvalue weighted by molar-refractivity contribution is -0.141. The van der Waals surface area contributed by atoms with Crippen LogP contribution < -0.4 is 0 Å². The fraction of sp³-hybridized carbons (Fsp3) is 0.800. The smallest absolute Gasteiger partial charge is 0.302 e. The summed E-state index contributed by atoms with van der Waals surface area (Å²) in [6.07, 6.45) is 4.64. The molecule has 0 aromatic rings. The SMILES string of the molecule is CC(=O)O.CCCCCCOC(C)=O.O. The van der Waals surface area contributed by atoms with Crippen molar-refractivity contribution in [3.63, 3.8) is 0 Å². The Labute approximate surface area is 90.7 Å². The molecule has 0 bridgehead atoms. The van der Waals surface area contributed by atoms with Gasteiger partial charge in [0.25, 0.3) is 5.97 Å². The molecular formula is C10H22O5. The van der Waals surface area contributed by atoms with Crippen LogP contribution in [0.25, 0.3) is 0 Å². The Balaban J connectivity index is -0.000000249. The van der Waals surface area contributed by atoms with E-state index in [1.54, 1.807) is 0 Å². The molecule has 0 amide bonds. The lowest BCUT2D eigenvalue weighted by Crippen LogP contribution is -1.99. The Bertz CT molecular complexity index is 152. The summed E-state index contributed by atoms with van der Waals surface area (Å²) in [6.45, 7) is 5.28. The standard InChI is InChI=1S/C8H16O2.C2H4O2.H2O/c1-3-4-5-6-7-10-8(2)9;1-2(3)4;/h3-7H2,1-2H3;1H3,(H,3,4);1H2. The second kappa shape index (κ2) is 15.4. The van der Waals surface area contributed by atoms with Gasteiger partial charge in [0.05, 0.1) is 6.61 Å². The Hall–Kier alpha value is -1.10. The molecule has 0 fully saturated rings. The maximum atomic E-state index is 10.3. The predicted octanol–water partition coefficient (Wildman–Crippen LogP) is 1.40. The van der Waals surface area contributed by atoms with Crippen LogP contribution in [0.15, 0.2) is 0 Å². The largest absolute Gasteiger partial charge is 0.481 e. The van der Waals surface area contributed by atoms with E-state index in [1.165, 1.54) is 26.2 Å². The van der Waals surface area contributed by atoms with Gasteiger partial charge in [0.15, 0.2) is 0 Å². The first-order valence-corrected chi connectivity index (χ1v) is 4.83. The van der Waals surface area contributed by atoms with Crippen LogP contribution in [0, 0.1) is 0 Å². The highest BCUT2D eigenvalue weighted by atomic mass is 16.5. The van der Waals surface area contributed by atoms with E-state index >= 15 is 0 Å². The lowest BCUT2D eigenvalue weighted by Gasteiger charge is -1.99. The molecule has 5 heteroatoms. The van der Waals surface area contributed by atoms with E-state index in [2.05, 4.69) is 6.92 Å². The van der Waals surface area contributed by atoms with E-state index in [-0.39, 0.29) is 11.4 Å². The number of rotatable bonds is 5. The van der Waals surface area contributed by atoms with Gasteiger partial charge < -0.3 is 15.3 Å². The summed E-state index contributed by atoms with van der Waals surface area (Å²) in [5, 5.41) is 7.42. The van der Waals surface area contributed by atoms with Crippen molar-refractivity contribution in [2.45, 2.75) is 46.5 Å². The van der Waals surface area contributed by atoms with Gasteiger partial charge in [-0.25, -0.2) is 0 Å². The number of carbonyl (C=O) groups excluding carboxylic acids is 1. The summed E-state index contributed by atoms with van der Waals surface area (Å²) in [5.74, 6) is -1.00. The fourth-order valence-electron chi connectivity index (χ4n) is 0.745. The van der Waals surface area contributed by atoms with Crippen molar-refractivity contribution in [1.82, 2.24) is 0 Å². The Morgan fingerprint density at radius 1 is 1.13 bits per heavy atom. The number of carbonyl (C=O) groups is 2. The number of unbranched alkanes of at least 4 members (excludes halogenated alkanes) is 3. The number of carboxylic acids is 1. The van der Waals surface area contributed by atoms with Crippen molar-refractivity contribution < 1.29 is 24.9 Å². The molecule has 0 saturated carbocycles. The molecule has 5 nitrogen and oxygen atoms in total. The number of carboxylic acid groups (broad SMARTS) is 1. The Morgan fingerprint density at radius 2 is 1.60 bits per heavy atom. The predicted molar refractivity (Wildman–Crippen MR) is 57.7 cm³/mol. The Morgan fingerprint density at radius 3 is 1.93 bits per heavy atom. The number of ether oxygens (including phenoxy) is 1. The van der Waals surface area contributed by atoms with Crippen molar-refractivity contribution in [3.05, 3.63) is 0 Å². The molecule has 3 N–H and O–H groups in total. The number of esters is 1. The van der Waals surface area contributed by atoms with Gasteiger partial charge in [-0.1, -0.05) is 26.2 Å². The minimum Gasteiger partial charge on any atom is -0.481 e. The molecule has 92 valence electrons. The number of hydrogen-bond acceptors (Lipinski definition) is 3. The lowest BCUT2D eigenvalue weighted by atomic mass is 10.2. The van der Waals surface area contributed by atoms with Gasteiger partial charge in [0.2, 0.25) is 0 Å². The summed E-state index contributed by atoms with van der Waals surface area (Å²) < 4.78 is 4.75. The van der Waals surface area contributed by atoms with E-state index in [4.69, 9.17) is 14.6 Å². The quantitative estimate of drug-likeness (QED) is 0.561. The molecule has 0 aliphatic carbocycles. The molecule has 0 heterocycles. The maximum absolute atomic E-state index is 10.3. The zero-order valence-electron chi connectivity index (χ0n) is 9.71. The van der Waals surface area contributed by atoms with Crippen molar-refractivity contribution >= 4 is 11.9 Å². The van der Waals surface area contributed by atoms with Crippen LogP contribution in [0.2, 0.25) is 0 Å². The zero-order chi connectivity index (χ0) is 11.4.